The second-order valence-corrected chi connectivity index (χ2v) is 4.84. The Kier molecular flexibility index (Phi) is 3.32. The summed E-state index contributed by atoms with van der Waals surface area (Å²) in [5, 5.41) is 10.7. The van der Waals surface area contributed by atoms with Gasteiger partial charge < -0.3 is 5.32 Å². The fourth-order valence-electron chi connectivity index (χ4n) is 1.50. The van der Waals surface area contributed by atoms with Crippen LogP contribution >= 0.6 is 0 Å². The molecule has 0 unspecified atom stereocenters. The first-order valence-corrected chi connectivity index (χ1v) is 5.15. The van der Waals surface area contributed by atoms with E-state index in [1.54, 1.807) is 0 Å². The normalized spacial score (nSPS) is 12.1. The minimum absolute atomic E-state index is 0.200. The molecule has 0 aliphatic carbocycles. The van der Waals surface area contributed by atoms with Crippen LogP contribution in [0.4, 0.5) is 0 Å². The average Bonchev–Trinajstić information content (AvgIpc) is 2.33. The van der Waals surface area contributed by atoms with Crippen LogP contribution in [0.25, 0.3) is 0 Å². The van der Waals surface area contributed by atoms with Crippen molar-refractivity contribution in [2.45, 2.75) is 46.6 Å². The van der Waals surface area contributed by atoms with Gasteiger partial charge in [-0.3, -0.25) is 5.10 Å². The third-order valence-electron chi connectivity index (χ3n) is 2.31. The number of aryl methyl sites for hydroxylation is 2. The van der Waals surface area contributed by atoms with Crippen LogP contribution in [-0.4, -0.2) is 22.3 Å². The lowest BCUT2D eigenvalue weighted by molar-refractivity contribution is 0.429. The number of aromatic nitrogens is 2. The Hall–Kier alpha value is -0.830. The van der Waals surface area contributed by atoms with E-state index in [1.807, 2.05) is 0 Å². The molecule has 0 amide bonds. The van der Waals surface area contributed by atoms with E-state index in [9.17, 15) is 0 Å². The first kappa shape index (κ1) is 11.2. The van der Waals surface area contributed by atoms with Gasteiger partial charge in [0.15, 0.2) is 0 Å². The maximum absolute atomic E-state index is 4.18. The Morgan fingerprint density at radius 1 is 1.29 bits per heavy atom. The number of nitrogens with zero attached hydrogens (tertiary/aromatic N) is 1. The fourth-order valence-corrected chi connectivity index (χ4v) is 1.50. The van der Waals surface area contributed by atoms with Crippen LogP contribution in [0, 0.1) is 13.8 Å². The van der Waals surface area contributed by atoms with Gasteiger partial charge in [-0.1, -0.05) is 0 Å². The van der Waals surface area contributed by atoms with Crippen LogP contribution in [0.2, 0.25) is 0 Å². The number of H-pyrrole nitrogens is 1. The van der Waals surface area contributed by atoms with Crippen LogP contribution in [0.5, 0.6) is 0 Å². The molecule has 0 saturated heterocycles. The molecule has 3 heteroatoms. The Morgan fingerprint density at radius 2 is 1.93 bits per heavy atom. The molecule has 1 aromatic rings. The SMILES string of the molecule is Cc1n[nH]c(C)c1CCNC(C)(C)C. The summed E-state index contributed by atoms with van der Waals surface area (Å²) in [4.78, 5) is 0. The summed E-state index contributed by atoms with van der Waals surface area (Å²) in [5.74, 6) is 0. The molecule has 1 aromatic heterocycles. The highest BCUT2D eigenvalue weighted by Crippen LogP contribution is 2.09. The van der Waals surface area contributed by atoms with Crippen molar-refractivity contribution in [2.75, 3.05) is 6.54 Å². The van der Waals surface area contributed by atoms with E-state index in [0.717, 1.165) is 18.7 Å². The van der Waals surface area contributed by atoms with Crippen LogP contribution in [-0.2, 0) is 6.42 Å². The van der Waals surface area contributed by atoms with E-state index in [4.69, 9.17) is 0 Å². The summed E-state index contributed by atoms with van der Waals surface area (Å²) in [6.07, 6.45) is 1.05. The molecular formula is C11H21N3. The zero-order valence-corrected chi connectivity index (χ0v) is 9.86. The molecule has 3 nitrogen and oxygen atoms in total. The molecule has 0 aliphatic heterocycles. The average molecular weight is 195 g/mol. The van der Waals surface area contributed by atoms with E-state index in [2.05, 4.69) is 50.1 Å². The molecule has 0 fully saturated rings. The molecule has 2 N–H and O–H groups in total. The molecule has 0 spiro atoms. The van der Waals surface area contributed by atoms with Gasteiger partial charge in [0.05, 0.1) is 5.69 Å². The Balaban J connectivity index is 2.46. The first-order chi connectivity index (χ1) is 6.40. The van der Waals surface area contributed by atoms with Gasteiger partial charge in [0.2, 0.25) is 0 Å². The highest BCUT2D eigenvalue weighted by atomic mass is 15.1. The lowest BCUT2D eigenvalue weighted by atomic mass is 10.1. The molecule has 0 radical (unpaired) electrons. The van der Waals surface area contributed by atoms with Crippen LogP contribution < -0.4 is 5.32 Å². The molecule has 14 heavy (non-hydrogen) atoms. The van der Waals surface area contributed by atoms with Gasteiger partial charge in [-0.2, -0.15) is 5.10 Å². The van der Waals surface area contributed by atoms with E-state index in [1.165, 1.54) is 11.3 Å². The maximum atomic E-state index is 4.18. The molecule has 0 bridgehead atoms. The predicted octanol–water partition coefficient (Wildman–Crippen LogP) is 1.96. The van der Waals surface area contributed by atoms with Gasteiger partial charge in [-0.15, -0.1) is 0 Å². The third kappa shape index (κ3) is 3.14. The number of hydrogen-bond donors (Lipinski definition) is 2. The van der Waals surface area contributed by atoms with Crippen molar-refractivity contribution >= 4 is 0 Å². The lowest BCUT2D eigenvalue weighted by Crippen LogP contribution is -2.37. The molecule has 0 atom stereocenters. The Labute approximate surface area is 86.3 Å². The van der Waals surface area contributed by atoms with Gasteiger partial charge in [0.25, 0.3) is 0 Å². The highest BCUT2D eigenvalue weighted by molar-refractivity contribution is 5.23. The third-order valence-corrected chi connectivity index (χ3v) is 2.31. The van der Waals surface area contributed by atoms with Crippen molar-refractivity contribution in [2.24, 2.45) is 0 Å². The summed E-state index contributed by atoms with van der Waals surface area (Å²) >= 11 is 0. The summed E-state index contributed by atoms with van der Waals surface area (Å²) in [6, 6.07) is 0. The molecule has 0 aromatic carbocycles. The smallest absolute Gasteiger partial charge is 0.0626 e. The number of aromatic amines is 1. The molecular weight excluding hydrogens is 174 g/mol. The highest BCUT2D eigenvalue weighted by Gasteiger charge is 2.10. The lowest BCUT2D eigenvalue weighted by Gasteiger charge is -2.20. The maximum Gasteiger partial charge on any atom is 0.0626 e. The van der Waals surface area contributed by atoms with Crippen LogP contribution in [0.1, 0.15) is 37.7 Å². The van der Waals surface area contributed by atoms with Crippen molar-refractivity contribution in [3.63, 3.8) is 0 Å². The minimum Gasteiger partial charge on any atom is -0.312 e. The van der Waals surface area contributed by atoms with Gasteiger partial charge >= 0.3 is 0 Å². The standard InChI is InChI=1S/C11H21N3/c1-8-10(9(2)14-13-8)6-7-12-11(3,4)5/h12H,6-7H2,1-5H3,(H,13,14). The summed E-state index contributed by atoms with van der Waals surface area (Å²) in [5.41, 5.74) is 3.86. The van der Waals surface area contributed by atoms with Crippen LogP contribution in [0.15, 0.2) is 0 Å². The second kappa shape index (κ2) is 4.13. The summed E-state index contributed by atoms with van der Waals surface area (Å²) in [6.45, 7) is 11.7. The van der Waals surface area contributed by atoms with Crippen molar-refractivity contribution in [1.29, 1.82) is 0 Å². The molecule has 80 valence electrons. The van der Waals surface area contributed by atoms with Crippen LogP contribution in [0.3, 0.4) is 0 Å². The molecule has 0 aliphatic rings. The fraction of sp³-hybridized carbons (Fsp3) is 0.727. The first-order valence-electron chi connectivity index (χ1n) is 5.15. The summed E-state index contributed by atoms with van der Waals surface area (Å²) < 4.78 is 0. The summed E-state index contributed by atoms with van der Waals surface area (Å²) in [7, 11) is 0. The van der Waals surface area contributed by atoms with Crippen molar-refractivity contribution in [3.05, 3.63) is 17.0 Å². The van der Waals surface area contributed by atoms with E-state index in [0.29, 0.717) is 0 Å². The molecule has 1 rings (SSSR count). The Bertz CT molecular complexity index is 274. The Morgan fingerprint density at radius 3 is 2.36 bits per heavy atom. The number of rotatable bonds is 3. The molecule has 0 saturated carbocycles. The zero-order valence-electron chi connectivity index (χ0n) is 9.86. The topological polar surface area (TPSA) is 40.7 Å². The van der Waals surface area contributed by atoms with E-state index in [-0.39, 0.29) is 5.54 Å². The number of hydrogen-bond acceptors (Lipinski definition) is 2. The zero-order chi connectivity index (χ0) is 10.8. The second-order valence-electron chi connectivity index (χ2n) is 4.84. The van der Waals surface area contributed by atoms with Crippen molar-refractivity contribution in [1.82, 2.24) is 15.5 Å². The van der Waals surface area contributed by atoms with Gasteiger partial charge in [0, 0.05) is 11.2 Å². The quantitative estimate of drug-likeness (QED) is 0.774. The minimum atomic E-state index is 0.200. The van der Waals surface area contributed by atoms with Gasteiger partial charge in [0.1, 0.15) is 0 Å². The van der Waals surface area contributed by atoms with Crippen molar-refractivity contribution in [3.8, 4) is 0 Å². The van der Waals surface area contributed by atoms with Crippen molar-refractivity contribution < 1.29 is 0 Å². The predicted molar refractivity (Wildman–Crippen MR) is 59.5 cm³/mol. The monoisotopic (exact) mass is 195 g/mol. The number of nitrogens with one attached hydrogen (secondary N) is 2. The largest absolute Gasteiger partial charge is 0.312 e. The van der Waals surface area contributed by atoms with Gasteiger partial charge in [-0.05, 0) is 53.1 Å². The molecule has 1 heterocycles. The van der Waals surface area contributed by atoms with E-state index >= 15 is 0 Å². The van der Waals surface area contributed by atoms with Gasteiger partial charge in [-0.25, -0.2) is 0 Å². The van der Waals surface area contributed by atoms with E-state index < -0.39 is 0 Å².